The predicted molar refractivity (Wildman–Crippen MR) is 116 cm³/mol. The summed E-state index contributed by atoms with van der Waals surface area (Å²) in [7, 11) is 4.67. The Kier molecular flexibility index (Phi) is 6.25. The number of carbonyl (C=O) groups is 2. The van der Waals surface area contributed by atoms with Crippen LogP contribution in [-0.4, -0.2) is 41.7 Å². The molecule has 30 heavy (non-hydrogen) atoms. The molecule has 0 bridgehead atoms. The van der Waals surface area contributed by atoms with Gasteiger partial charge >= 0.3 is 5.97 Å². The third kappa shape index (κ3) is 4.37. The van der Waals surface area contributed by atoms with Gasteiger partial charge in [0.2, 0.25) is 5.91 Å². The highest BCUT2D eigenvalue weighted by Crippen LogP contribution is 2.32. The van der Waals surface area contributed by atoms with E-state index >= 15 is 0 Å². The van der Waals surface area contributed by atoms with Crippen LogP contribution in [0.3, 0.4) is 0 Å². The maximum Gasteiger partial charge on any atom is 0.356 e. The third-order valence-corrected chi connectivity index (χ3v) is 4.79. The quantitative estimate of drug-likeness (QED) is 0.580. The van der Waals surface area contributed by atoms with Gasteiger partial charge in [-0.3, -0.25) is 4.79 Å². The first kappa shape index (κ1) is 21.2. The lowest BCUT2D eigenvalue weighted by Crippen LogP contribution is -2.18. The van der Waals surface area contributed by atoms with Gasteiger partial charge in [0.25, 0.3) is 0 Å². The Balaban J connectivity index is 1.91. The number of aryl methyl sites for hydroxylation is 1. The van der Waals surface area contributed by atoms with Crippen LogP contribution in [-0.2, 0) is 23.0 Å². The number of fused-ring (bicyclic) bond motifs is 1. The summed E-state index contributed by atoms with van der Waals surface area (Å²) in [5, 5.41) is 6.83. The molecule has 3 aromatic rings. The number of esters is 1. The van der Waals surface area contributed by atoms with Crippen molar-refractivity contribution in [3.8, 4) is 5.75 Å². The molecule has 8 nitrogen and oxygen atoms in total. The fourth-order valence-corrected chi connectivity index (χ4v) is 3.52. The molecule has 0 saturated carbocycles. The average Bonchev–Trinajstić information content (AvgIpc) is 2.98. The monoisotopic (exact) mass is 410 g/mol. The maximum atomic E-state index is 12.3. The Morgan fingerprint density at radius 2 is 2.00 bits per heavy atom. The molecule has 0 radical (unpaired) electrons. The number of hydrogen-bond acceptors (Lipinski definition) is 6. The molecule has 1 unspecified atom stereocenters. The standard InChI is InChI=1S/C22H26N4O4/c1-13(9-15-7-6-8-17(10-15)29-4)24-16-11-18-19(25-14(2)27)20(22(28)30-5)26(3)21(18)23-12-16/h6-8,10-13,24H,9H2,1-5H3,(H,25,27). The van der Waals surface area contributed by atoms with Gasteiger partial charge in [0, 0.05) is 25.4 Å². The largest absolute Gasteiger partial charge is 0.497 e. The second kappa shape index (κ2) is 8.86. The van der Waals surface area contributed by atoms with Gasteiger partial charge in [-0.25, -0.2) is 9.78 Å². The summed E-state index contributed by atoms with van der Waals surface area (Å²) >= 11 is 0. The van der Waals surface area contributed by atoms with Crippen LogP contribution < -0.4 is 15.4 Å². The molecule has 158 valence electrons. The molecule has 0 aliphatic rings. The maximum absolute atomic E-state index is 12.3. The molecule has 1 atom stereocenters. The highest BCUT2D eigenvalue weighted by atomic mass is 16.5. The number of amides is 1. The van der Waals surface area contributed by atoms with Crippen molar-refractivity contribution in [1.29, 1.82) is 0 Å². The van der Waals surface area contributed by atoms with Crippen molar-refractivity contribution in [2.75, 3.05) is 24.9 Å². The SMILES string of the molecule is COC(=O)c1c(NC(C)=O)c2cc(NC(C)Cc3cccc(OC)c3)cnc2n1C. The van der Waals surface area contributed by atoms with Crippen LogP contribution in [0.2, 0.25) is 0 Å². The van der Waals surface area contributed by atoms with Gasteiger partial charge in [-0.05, 0) is 37.1 Å². The van der Waals surface area contributed by atoms with Crippen LogP contribution in [0.25, 0.3) is 11.0 Å². The van der Waals surface area contributed by atoms with Gasteiger partial charge in [0.15, 0.2) is 5.69 Å². The molecule has 1 amide bonds. The molecule has 2 aromatic heterocycles. The summed E-state index contributed by atoms with van der Waals surface area (Å²) in [6.07, 6.45) is 2.50. The van der Waals surface area contributed by atoms with Crippen molar-refractivity contribution < 1.29 is 19.1 Å². The Labute approximate surface area is 175 Å². The minimum Gasteiger partial charge on any atom is -0.497 e. The van der Waals surface area contributed by atoms with Crippen molar-refractivity contribution in [2.24, 2.45) is 7.05 Å². The summed E-state index contributed by atoms with van der Waals surface area (Å²) < 4.78 is 11.8. The highest BCUT2D eigenvalue weighted by Gasteiger charge is 2.24. The normalized spacial score (nSPS) is 11.8. The second-order valence-corrected chi connectivity index (χ2v) is 7.15. The van der Waals surface area contributed by atoms with E-state index in [0.717, 1.165) is 23.4 Å². The number of carbonyl (C=O) groups excluding carboxylic acids is 2. The summed E-state index contributed by atoms with van der Waals surface area (Å²) in [4.78, 5) is 28.5. The number of anilines is 2. The lowest BCUT2D eigenvalue weighted by molar-refractivity contribution is -0.114. The minimum absolute atomic E-state index is 0.115. The van der Waals surface area contributed by atoms with Crippen LogP contribution in [0.15, 0.2) is 36.5 Å². The molecule has 1 aromatic carbocycles. The third-order valence-electron chi connectivity index (χ3n) is 4.79. The zero-order chi connectivity index (χ0) is 21.8. The smallest absolute Gasteiger partial charge is 0.356 e. The van der Waals surface area contributed by atoms with E-state index in [4.69, 9.17) is 9.47 Å². The fourth-order valence-electron chi connectivity index (χ4n) is 3.52. The second-order valence-electron chi connectivity index (χ2n) is 7.15. The van der Waals surface area contributed by atoms with E-state index in [2.05, 4.69) is 28.6 Å². The van der Waals surface area contributed by atoms with E-state index in [0.29, 0.717) is 16.7 Å². The first-order chi connectivity index (χ1) is 14.3. The molecule has 8 heteroatoms. The number of pyridine rings is 1. The summed E-state index contributed by atoms with van der Waals surface area (Å²) in [6.45, 7) is 3.47. The molecule has 0 spiro atoms. The summed E-state index contributed by atoms with van der Waals surface area (Å²) in [5.41, 5.74) is 3.15. The Morgan fingerprint density at radius 1 is 1.23 bits per heavy atom. The van der Waals surface area contributed by atoms with E-state index in [1.165, 1.54) is 14.0 Å². The van der Waals surface area contributed by atoms with Crippen LogP contribution in [0.4, 0.5) is 11.4 Å². The van der Waals surface area contributed by atoms with Crippen molar-refractivity contribution in [3.05, 3.63) is 47.8 Å². The van der Waals surface area contributed by atoms with Crippen LogP contribution in [0.1, 0.15) is 29.9 Å². The Hall–Kier alpha value is -3.55. The van der Waals surface area contributed by atoms with Crippen LogP contribution in [0, 0.1) is 0 Å². The van der Waals surface area contributed by atoms with E-state index in [1.807, 2.05) is 24.3 Å². The van der Waals surface area contributed by atoms with Gasteiger partial charge in [-0.2, -0.15) is 0 Å². The van der Waals surface area contributed by atoms with Crippen molar-refractivity contribution in [3.63, 3.8) is 0 Å². The molecule has 3 rings (SSSR count). The number of nitrogens with zero attached hydrogens (tertiary/aromatic N) is 2. The molecular weight excluding hydrogens is 384 g/mol. The van der Waals surface area contributed by atoms with Gasteiger partial charge in [0.05, 0.1) is 31.8 Å². The van der Waals surface area contributed by atoms with Crippen LogP contribution >= 0.6 is 0 Å². The van der Waals surface area contributed by atoms with E-state index in [9.17, 15) is 9.59 Å². The topological polar surface area (TPSA) is 94.5 Å². The fraction of sp³-hybridized carbons (Fsp3) is 0.318. The molecule has 2 heterocycles. The minimum atomic E-state index is -0.542. The lowest BCUT2D eigenvalue weighted by atomic mass is 10.1. The molecular formula is C22H26N4O4. The zero-order valence-electron chi connectivity index (χ0n) is 17.8. The Bertz CT molecular complexity index is 1090. The molecule has 0 aliphatic carbocycles. The predicted octanol–water partition coefficient (Wildman–Crippen LogP) is 3.37. The van der Waals surface area contributed by atoms with Crippen molar-refractivity contribution in [2.45, 2.75) is 26.3 Å². The summed E-state index contributed by atoms with van der Waals surface area (Å²) in [5.74, 6) is -0.0000733. The number of ether oxygens (including phenoxy) is 2. The molecule has 2 N–H and O–H groups in total. The number of rotatable bonds is 7. The number of aromatic nitrogens is 2. The Morgan fingerprint density at radius 3 is 2.67 bits per heavy atom. The van der Waals surface area contributed by atoms with Gasteiger partial charge in [-0.1, -0.05) is 12.1 Å². The van der Waals surface area contributed by atoms with E-state index < -0.39 is 5.97 Å². The van der Waals surface area contributed by atoms with Gasteiger partial charge in [-0.15, -0.1) is 0 Å². The molecule has 0 saturated heterocycles. The number of methoxy groups -OCH3 is 2. The lowest BCUT2D eigenvalue weighted by Gasteiger charge is -2.16. The first-order valence-electron chi connectivity index (χ1n) is 9.57. The highest BCUT2D eigenvalue weighted by molar-refractivity contribution is 6.10. The average molecular weight is 410 g/mol. The molecule has 0 fully saturated rings. The van der Waals surface area contributed by atoms with Crippen molar-refractivity contribution in [1.82, 2.24) is 9.55 Å². The zero-order valence-corrected chi connectivity index (χ0v) is 17.8. The van der Waals surface area contributed by atoms with E-state index in [1.54, 1.807) is 24.9 Å². The van der Waals surface area contributed by atoms with Crippen LogP contribution in [0.5, 0.6) is 5.75 Å². The first-order valence-corrected chi connectivity index (χ1v) is 9.57. The van der Waals surface area contributed by atoms with E-state index in [-0.39, 0.29) is 17.6 Å². The summed E-state index contributed by atoms with van der Waals surface area (Å²) in [6, 6.07) is 9.93. The van der Waals surface area contributed by atoms with Crippen molar-refractivity contribution >= 4 is 34.3 Å². The number of nitrogens with one attached hydrogen (secondary N) is 2. The number of hydrogen-bond donors (Lipinski definition) is 2. The van der Waals surface area contributed by atoms with Gasteiger partial charge < -0.3 is 24.7 Å². The van der Waals surface area contributed by atoms with Gasteiger partial charge in [0.1, 0.15) is 11.4 Å². The molecule has 0 aliphatic heterocycles. The number of benzene rings is 1.